The highest BCUT2D eigenvalue weighted by Gasteiger charge is 2.19. The fourth-order valence-electron chi connectivity index (χ4n) is 3.48. The fraction of sp³-hybridized carbons (Fsp3) is 0.524. The van der Waals surface area contributed by atoms with Crippen LogP contribution in [0.15, 0.2) is 35.5 Å². The van der Waals surface area contributed by atoms with Crippen LogP contribution in [-0.4, -0.2) is 67.4 Å². The number of benzene rings is 1. The number of aromatic nitrogens is 2. The molecule has 7 nitrogen and oxygen atoms in total. The molecular weight excluding hydrogens is 479 g/mol. The van der Waals surface area contributed by atoms with Crippen molar-refractivity contribution >= 4 is 35.6 Å². The molecule has 8 heteroatoms. The Morgan fingerprint density at radius 2 is 1.93 bits per heavy atom. The summed E-state index contributed by atoms with van der Waals surface area (Å²) in [7, 11) is 1.70. The van der Waals surface area contributed by atoms with Gasteiger partial charge in [-0.15, -0.1) is 24.0 Å². The predicted octanol–water partition coefficient (Wildman–Crippen LogP) is 3.07. The van der Waals surface area contributed by atoms with Gasteiger partial charge in [-0.1, -0.05) is 0 Å². The molecule has 2 N–H and O–H groups in total. The van der Waals surface area contributed by atoms with Crippen molar-refractivity contribution in [3.05, 3.63) is 41.7 Å². The van der Waals surface area contributed by atoms with E-state index in [2.05, 4.69) is 51.3 Å². The van der Waals surface area contributed by atoms with E-state index in [1.54, 1.807) is 7.11 Å². The van der Waals surface area contributed by atoms with Crippen LogP contribution in [0.5, 0.6) is 5.75 Å². The lowest BCUT2D eigenvalue weighted by Crippen LogP contribution is -2.52. The molecule has 3 rings (SSSR count). The molecule has 0 radical (unpaired) electrons. The van der Waals surface area contributed by atoms with E-state index in [-0.39, 0.29) is 24.0 Å². The van der Waals surface area contributed by atoms with Gasteiger partial charge in [0.2, 0.25) is 0 Å². The molecule has 0 amide bonds. The van der Waals surface area contributed by atoms with Gasteiger partial charge in [-0.05, 0) is 56.5 Å². The maximum absolute atomic E-state index is 5.25. The minimum Gasteiger partial charge on any atom is -0.497 e. The third-order valence-electron chi connectivity index (χ3n) is 5.15. The van der Waals surface area contributed by atoms with Crippen LogP contribution in [0.1, 0.15) is 24.6 Å². The number of H-pyrrole nitrogens is 1. The average molecular weight is 512 g/mol. The van der Waals surface area contributed by atoms with E-state index >= 15 is 0 Å². The summed E-state index contributed by atoms with van der Waals surface area (Å²) in [6.45, 7) is 9.83. The number of aromatic amines is 1. The van der Waals surface area contributed by atoms with Crippen LogP contribution < -0.4 is 15.0 Å². The van der Waals surface area contributed by atoms with Gasteiger partial charge in [-0.25, -0.2) is 0 Å². The molecule has 1 aromatic heterocycles. The molecule has 0 aliphatic carbocycles. The standard InChI is InChI=1S/C21H32N6O.HI/c1-4-22-21(23-11-5-6-18-16-24-25-17(18)2)27-14-12-26(13-15-27)19-7-9-20(28-3)10-8-19;/h7-10,16H,4-6,11-15H2,1-3H3,(H,22,23)(H,24,25);1H. The molecular formula is C21H33IN6O. The highest BCUT2D eigenvalue weighted by atomic mass is 127. The van der Waals surface area contributed by atoms with E-state index in [0.717, 1.165) is 69.5 Å². The number of rotatable bonds is 7. The molecule has 1 fully saturated rings. The number of hydrogen-bond donors (Lipinski definition) is 2. The van der Waals surface area contributed by atoms with Gasteiger partial charge in [-0.3, -0.25) is 10.1 Å². The highest BCUT2D eigenvalue weighted by molar-refractivity contribution is 14.0. The molecule has 1 aromatic carbocycles. The summed E-state index contributed by atoms with van der Waals surface area (Å²) >= 11 is 0. The SMILES string of the molecule is CCNC(=NCCCc1cn[nH]c1C)N1CCN(c2ccc(OC)cc2)CC1.I. The topological polar surface area (TPSA) is 68.8 Å². The van der Waals surface area contributed by atoms with Crippen molar-refractivity contribution in [2.24, 2.45) is 4.99 Å². The molecule has 0 spiro atoms. The quantitative estimate of drug-likeness (QED) is 0.259. The molecule has 160 valence electrons. The molecule has 1 saturated heterocycles. The van der Waals surface area contributed by atoms with Crippen molar-refractivity contribution in [1.29, 1.82) is 0 Å². The molecule has 0 unspecified atom stereocenters. The van der Waals surface area contributed by atoms with Crippen LogP contribution in [0.4, 0.5) is 5.69 Å². The highest BCUT2D eigenvalue weighted by Crippen LogP contribution is 2.20. The number of hydrogen-bond acceptors (Lipinski definition) is 4. The van der Waals surface area contributed by atoms with E-state index in [1.165, 1.54) is 11.3 Å². The Bertz CT molecular complexity index is 753. The summed E-state index contributed by atoms with van der Waals surface area (Å²) < 4.78 is 5.25. The molecule has 2 aromatic rings. The Balaban J connectivity index is 0.00000300. The molecule has 1 aliphatic rings. The van der Waals surface area contributed by atoms with Crippen LogP contribution in [0, 0.1) is 6.92 Å². The number of guanidine groups is 1. The number of anilines is 1. The van der Waals surface area contributed by atoms with Gasteiger partial charge in [0.15, 0.2) is 5.96 Å². The molecule has 0 bridgehead atoms. The summed E-state index contributed by atoms with van der Waals surface area (Å²) in [5.41, 5.74) is 3.69. The molecule has 0 saturated carbocycles. The van der Waals surface area contributed by atoms with Crippen LogP contribution in [-0.2, 0) is 6.42 Å². The zero-order valence-corrected chi connectivity index (χ0v) is 20.0. The van der Waals surface area contributed by atoms with Gasteiger partial charge in [0.1, 0.15) is 5.75 Å². The number of aliphatic imine (C=N–C) groups is 1. The first-order valence-corrected chi connectivity index (χ1v) is 10.1. The van der Waals surface area contributed by atoms with Gasteiger partial charge in [0.25, 0.3) is 0 Å². The van der Waals surface area contributed by atoms with Gasteiger partial charge in [0.05, 0.1) is 13.3 Å². The van der Waals surface area contributed by atoms with Crippen molar-refractivity contribution in [3.63, 3.8) is 0 Å². The maximum atomic E-state index is 5.25. The summed E-state index contributed by atoms with van der Waals surface area (Å²) in [5.74, 6) is 1.93. The minimum atomic E-state index is 0. The van der Waals surface area contributed by atoms with E-state index in [9.17, 15) is 0 Å². The number of methoxy groups -OCH3 is 1. The first-order valence-electron chi connectivity index (χ1n) is 10.1. The second kappa shape index (κ2) is 11.9. The second-order valence-corrected chi connectivity index (χ2v) is 7.03. The molecule has 1 aliphatic heterocycles. The van der Waals surface area contributed by atoms with Gasteiger partial charge in [0, 0.05) is 50.6 Å². The van der Waals surface area contributed by atoms with Crippen molar-refractivity contribution in [1.82, 2.24) is 20.4 Å². The lowest BCUT2D eigenvalue weighted by molar-refractivity contribution is 0.372. The van der Waals surface area contributed by atoms with Crippen LogP contribution >= 0.6 is 24.0 Å². The largest absolute Gasteiger partial charge is 0.497 e. The summed E-state index contributed by atoms with van der Waals surface area (Å²) in [6.07, 6.45) is 3.96. The lowest BCUT2D eigenvalue weighted by Gasteiger charge is -2.37. The maximum Gasteiger partial charge on any atom is 0.194 e. The Labute approximate surface area is 190 Å². The minimum absolute atomic E-state index is 0. The van der Waals surface area contributed by atoms with Crippen molar-refractivity contribution in [2.45, 2.75) is 26.7 Å². The number of aryl methyl sites for hydroxylation is 2. The van der Waals surface area contributed by atoms with E-state index in [4.69, 9.17) is 9.73 Å². The summed E-state index contributed by atoms with van der Waals surface area (Å²) in [6, 6.07) is 8.31. The number of ether oxygens (including phenoxy) is 1. The summed E-state index contributed by atoms with van der Waals surface area (Å²) in [5, 5.41) is 10.5. The molecule has 0 atom stereocenters. The number of halogens is 1. The Morgan fingerprint density at radius 3 is 2.52 bits per heavy atom. The van der Waals surface area contributed by atoms with E-state index in [0.29, 0.717) is 0 Å². The Kier molecular flexibility index (Phi) is 9.56. The summed E-state index contributed by atoms with van der Waals surface area (Å²) in [4.78, 5) is 9.64. The van der Waals surface area contributed by atoms with Crippen LogP contribution in [0.25, 0.3) is 0 Å². The molecule has 2 heterocycles. The number of nitrogens with one attached hydrogen (secondary N) is 2. The van der Waals surface area contributed by atoms with E-state index < -0.39 is 0 Å². The Hall–Kier alpha value is -1.97. The van der Waals surface area contributed by atoms with Gasteiger partial charge >= 0.3 is 0 Å². The normalized spacial score (nSPS) is 14.5. The predicted molar refractivity (Wildman–Crippen MR) is 130 cm³/mol. The average Bonchev–Trinajstić information content (AvgIpc) is 3.15. The fourth-order valence-corrected chi connectivity index (χ4v) is 3.48. The lowest BCUT2D eigenvalue weighted by atomic mass is 10.1. The third kappa shape index (κ3) is 6.52. The van der Waals surface area contributed by atoms with Crippen LogP contribution in [0.3, 0.4) is 0 Å². The van der Waals surface area contributed by atoms with Crippen molar-refractivity contribution < 1.29 is 4.74 Å². The zero-order chi connectivity index (χ0) is 19.8. The van der Waals surface area contributed by atoms with Gasteiger partial charge < -0.3 is 19.9 Å². The molecule has 29 heavy (non-hydrogen) atoms. The second-order valence-electron chi connectivity index (χ2n) is 7.03. The zero-order valence-electron chi connectivity index (χ0n) is 17.6. The monoisotopic (exact) mass is 512 g/mol. The first kappa shape index (κ1) is 23.3. The van der Waals surface area contributed by atoms with Gasteiger partial charge in [-0.2, -0.15) is 5.10 Å². The van der Waals surface area contributed by atoms with E-state index in [1.807, 2.05) is 18.3 Å². The smallest absolute Gasteiger partial charge is 0.194 e. The van der Waals surface area contributed by atoms with Crippen LogP contribution in [0.2, 0.25) is 0 Å². The number of piperazine rings is 1. The number of nitrogens with zero attached hydrogens (tertiary/aromatic N) is 4. The first-order chi connectivity index (χ1) is 13.7. The van der Waals surface area contributed by atoms with Crippen molar-refractivity contribution in [2.75, 3.05) is 51.3 Å². The third-order valence-corrected chi connectivity index (χ3v) is 5.15. The van der Waals surface area contributed by atoms with Crippen molar-refractivity contribution in [3.8, 4) is 5.75 Å². The Morgan fingerprint density at radius 1 is 1.21 bits per heavy atom.